The average molecular weight is 306 g/mol. The second-order valence-corrected chi connectivity index (χ2v) is 6.00. The molecule has 1 aliphatic carbocycles. The summed E-state index contributed by atoms with van der Waals surface area (Å²) in [4.78, 5) is 23.3. The Morgan fingerprint density at radius 3 is 2.77 bits per heavy atom. The van der Waals surface area contributed by atoms with Crippen molar-refractivity contribution >= 4 is 11.9 Å². The number of hydrogen-bond acceptors (Lipinski definition) is 5. The van der Waals surface area contributed by atoms with Gasteiger partial charge in [-0.05, 0) is 31.4 Å². The van der Waals surface area contributed by atoms with Crippen LogP contribution in [0.2, 0.25) is 0 Å². The van der Waals surface area contributed by atoms with Gasteiger partial charge in [0.25, 0.3) is 0 Å². The maximum absolute atomic E-state index is 11.9. The van der Waals surface area contributed by atoms with Crippen molar-refractivity contribution in [3.8, 4) is 0 Å². The van der Waals surface area contributed by atoms with Gasteiger partial charge < -0.3 is 14.6 Å². The van der Waals surface area contributed by atoms with E-state index in [9.17, 15) is 14.7 Å². The van der Waals surface area contributed by atoms with Crippen LogP contribution in [0.1, 0.15) is 33.1 Å². The summed E-state index contributed by atoms with van der Waals surface area (Å²) in [5.41, 5.74) is 1.89. The summed E-state index contributed by atoms with van der Waals surface area (Å²) in [6.07, 6.45) is 1.59. The van der Waals surface area contributed by atoms with E-state index in [0.29, 0.717) is 24.0 Å². The van der Waals surface area contributed by atoms with Crippen molar-refractivity contribution in [1.29, 1.82) is 0 Å². The van der Waals surface area contributed by atoms with E-state index in [2.05, 4.69) is 13.2 Å². The molecule has 5 nitrogen and oxygen atoms in total. The van der Waals surface area contributed by atoms with Gasteiger partial charge in [0.2, 0.25) is 0 Å². The lowest BCUT2D eigenvalue weighted by Gasteiger charge is -2.28. The largest absolute Gasteiger partial charge is 0.461 e. The first-order valence-corrected chi connectivity index (χ1v) is 7.39. The Hall–Kier alpha value is -1.88. The number of ether oxygens (including phenoxy) is 2. The Bertz CT molecular complexity index is 545. The summed E-state index contributed by atoms with van der Waals surface area (Å²) in [7, 11) is 0. The van der Waals surface area contributed by atoms with Crippen LogP contribution in [0.3, 0.4) is 0 Å². The third-order valence-electron chi connectivity index (χ3n) is 4.18. The molecule has 22 heavy (non-hydrogen) atoms. The molecule has 1 saturated heterocycles. The molecule has 1 fully saturated rings. The van der Waals surface area contributed by atoms with Crippen molar-refractivity contribution < 1.29 is 24.2 Å². The second-order valence-electron chi connectivity index (χ2n) is 6.00. The second kappa shape index (κ2) is 6.48. The maximum atomic E-state index is 11.9. The highest BCUT2D eigenvalue weighted by Crippen LogP contribution is 2.36. The van der Waals surface area contributed by atoms with Crippen LogP contribution >= 0.6 is 0 Å². The van der Waals surface area contributed by atoms with Gasteiger partial charge in [-0.2, -0.15) is 0 Å². The van der Waals surface area contributed by atoms with Crippen LogP contribution in [-0.4, -0.2) is 35.4 Å². The molecule has 0 bridgehead atoms. The summed E-state index contributed by atoms with van der Waals surface area (Å²) < 4.78 is 10.7. The molecule has 0 amide bonds. The van der Waals surface area contributed by atoms with Crippen molar-refractivity contribution in [2.45, 2.75) is 51.4 Å². The van der Waals surface area contributed by atoms with Gasteiger partial charge in [0, 0.05) is 18.9 Å². The first-order chi connectivity index (χ1) is 10.3. The zero-order valence-electron chi connectivity index (χ0n) is 13.0. The van der Waals surface area contributed by atoms with Crippen LogP contribution in [0.5, 0.6) is 0 Å². The van der Waals surface area contributed by atoms with Crippen molar-refractivity contribution in [2.75, 3.05) is 0 Å². The fourth-order valence-electron chi connectivity index (χ4n) is 2.96. The fourth-order valence-corrected chi connectivity index (χ4v) is 2.96. The van der Waals surface area contributed by atoms with E-state index >= 15 is 0 Å². The van der Waals surface area contributed by atoms with Gasteiger partial charge in [-0.25, -0.2) is 4.79 Å². The average Bonchev–Trinajstić information content (AvgIpc) is 2.69. The number of esters is 2. The van der Waals surface area contributed by atoms with Gasteiger partial charge in [0.1, 0.15) is 12.2 Å². The van der Waals surface area contributed by atoms with Gasteiger partial charge in [0.15, 0.2) is 0 Å². The fraction of sp³-hybridized carbons (Fsp3) is 0.529. The molecule has 4 unspecified atom stereocenters. The van der Waals surface area contributed by atoms with Crippen molar-refractivity contribution in [1.82, 2.24) is 0 Å². The lowest BCUT2D eigenvalue weighted by molar-refractivity contribution is -0.149. The van der Waals surface area contributed by atoms with E-state index in [1.54, 1.807) is 0 Å². The third-order valence-corrected chi connectivity index (χ3v) is 4.18. The van der Waals surface area contributed by atoms with E-state index in [4.69, 9.17) is 9.47 Å². The predicted octanol–water partition coefficient (Wildman–Crippen LogP) is 2.06. The van der Waals surface area contributed by atoms with E-state index in [1.807, 2.05) is 13.0 Å². The molecule has 2 rings (SSSR count). The Kier molecular flexibility index (Phi) is 4.86. The number of allylic oxidation sites excluding steroid dienone is 1. The van der Waals surface area contributed by atoms with Crippen LogP contribution in [0.25, 0.3) is 0 Å². The van der Waals surface area contributed by atoms with Crippen molar-refractivity contribution in [3.05, 3.63) is 36.0 Å². The highest BCUT2D eigenvalue weighted by Gasteiger charge is 2.44. The maximum Gasteiger partial charge on any atom is 0.334 e. The Labute approximate surface area is 130 Å². The number of rotatable bonds is 1. The molecular weight excluding hydrogens is 284 g/mol. The molecule has 1 aliphatic heterocycles. The smallest absolute Gasteiger partial charge is 0.334 e. The zero-order valence-corrected chi connectivity index (χ0v) is 13.0. The van der Waals surface area contributed by atoms with E-state index < -0.39 is 36.2 Å². The van der Waals surface area contributed by atoms with Crippen LogP contribution in [0.15, 0.2) is 36.0 Å². The van der Waals surface area contributed by atoms with Crippen LogP contribution in [0, 0.1) is 5.92 Å². The van der Waals surface area contributed by atoms with Crippen LogP contribution in [0.4, 0.5) is 0 Å². The molecule has 5 heteroatoms. The molecule has 120 valence electrons. The van der Waals surface area contributed by atoms with Crippen molar-refractivity contribution in [3.63, 3.8) is 0 Å². The van der Waals surface area contributed by atoms with E-state index in [-0.39, 0.29) is 6.42 Å². The minimum atomic E-state index is -0.663. The predicted molar refractivity (Wildman–Crippen MR) is 80.8 cm³/mol. The van der Waals surface area contributed by atoms with Crippen molar-refractivity contribution in [2.24, 2.45) is 5.92 Å². The number of fused-ring (bicyclic) bond motifs is 1. The summed E-state index contributed by atoms with van der Waals surface area (Å²) in [6, 6.07) is 0. The molecule has 4 atom stereocenters. The summed E-state index contributed by atoms with van der Waals surface area (Å²) in [5.74, 6) is -1.37. The first kappa shape index (κ1) is 16.5. The van der Waals surface area contributed by atoms with Gasteiger partial charge in [-0.1, -0.05) is 18.7 Å². The van der Waals surface area contributed by atoms with Crippen LogP contribution in [-0.2, 0) is 19.1 Å². The highest BCUT2D eigenvalue weighted by molar-refractivity contribution is 5.91. The van der Waals surface area contributed by atoms with Crippen LogP contribution < -0.4 is 0 Å². The molecule has 0 radical (unpaired) electrons. The molecule has 0 aromatic rings. The molecule has 1 heterocycles. The van der Waals surface area contributed by atoms with E-state index in [1.165, 1.54) is 6.92 Å². The molecule has 0 spiro atoms. The highest BCUT2D eigenvalue weighted by atomic mass is 16.6. The number of hydrogen-bond donors (Lipinski definition) is 1. The standard InChI is InChI=1S/C17H22O5/c1-9-5-6-13(19)10(2)8-15(21-12(4)18)16-11(3)17(20)22-14(16)7-9/h7,13-16,19H,2-3,5-6,8H2,1,4H3. The Morgan fingerprint density at radius 1 is 1.45 bits per heavy atom. The minimum Gasteiger partial charge on any atom is -0.461 e. The zero-order chi connectivity index (χ0) is 16.4. The number of aliphatic hydroxyl groups is 1. The SMILES string of the molecule is C=C1CC(OC(C)=O)C2C(=C)C(=O)OC2C=C(C)CCC1O. The van der Waals surface area contributed by atoms with Gasteiger partial charge in [-0.15, -0.1) is 0 Å². The quantitative estimate of drug-likeness (QED) is 0.456. The summed E-state index contributed by atoms with van der Waals surface area (Å²) in [6.45, 7) is 10.9. The Balaban J connectivity index is 2.40. The van der Waals surface area contributed by atoms with Gasteiger partial charge >= 0.3 is 11.9 Å². The molecule has 0 aromatic carbocycles. The molecule has 2 aliphatic rings. The molecular formula is C17H22O5. The summed E-state index contributed by atoms with van der Waals surface area (Å²) in [5, 5.41) is 10.1. The molecule has 1 N–H and O–H groups in total. The Morgan fingerprint density at radius 2 is 2.14 bits per heavy atom. The number of carbonyl (C=O) groups is 2. The lowest BCUT2D eigenvalue weighted by Crippen LogP contribution is -2.34. The van der Waals surface area contributed by atoms with Gasteiger partial charge in [-0.3, -0.25) is 4.79 Å². The minimum absolute atomic E-state index is 0.282. The van der Waals surface area contributed by atoms with E-state index in [0.717, 1.165) is 5.57 Å². The normalized spacial score (nSPS) is 32.9. The topological polar surface area (TPSA) is 72.8 Å². The lowest BCUT2D eigenvalue weighted by atomic mass is 9.84. The summed E-state index contributed by atoms with van der Waals surface area (Å²) >= 11 is 0. The number of aliphatic hydroxyl groups excluding tert-OH is 1. The number of carbonyl (C=O) groups excluding carboxylic acids is 2. The molecule has 0 aromatic heterocycles. The molecule has 0 saturated carbocycles. The third kappa shape index (κ3) is 3.47. The van der Waals surface area contributed by atoms with Gasteiger partial charge in [0.05, 0.1) is 12.0 Å². The monoisotopic (exact) mass is 306 g/mol. The first-order valence-electron chi connectivity index (χ1n) is 7.39.